The van der Waals surface area contributed by atoms with Crippen LogP contribution in [0.25, 0.3) is 0 Å². The minimum Gasteiger partial charge on any atom is -0.494 e. The van der Waals surface area contributed by atoms with E-state index in [9.17, 15) is 8.42 Å². The quantitative estimate of drug-likeness (QED) is 0.749. The van der Waals surface area contributed by atoms with Crippen LogP contribution in [0.1, 0.15) is 33.1 Å². The third-order valence-corrected chi connectivity index (χ3v) is 4.45. The molecule has 1 rings (SSSR count). The Morgan fingerprint density at radius 1 is 1.15 bits per heavy atom. The molecule has 0 aromatic heterocycles. The van der Waals surface area contributed by atoms with Crippen molar-refractivity contribution in [1.82, 2.24) is 0 Å². The number of unbranched alkanes of at least 4 members (excludes halogenated alkanes) is 1. The highest BCUT2D eigenvalue weighted by molar-refractivity contribution is 7.90. The minimum atomic E-state index is -3.14. The zero-order valence-corrected chi connectivity index (χ0v) is 13.4. The van der Waals surface area contributed by atoms with Crippen LogP contribution < -0.4 is 10.5 Å². The first-order valence-corrected chi connectivity index (χ1v) is 8.77. The van der Waals surface area contributed by atoms with Crippen LogP contribution in [0.5, 0.6) is 5.75 Å². The van der Waals surface area contributed by atoms with Crippen LogP contribution in [0, 0.1) is 5.41 Å². The molecule has 2 N–H and O–H groups in total. The van der Waals surface area contributed by atoms with Crippen LogP contribution in [0.15, 0.2) is 29.2 Å². The third-order valence-electron chi connectivity index (χ3n) is 3.32. The maximum absolute atomic E-state index is 11.3. The number of hydrogen-bond acceptors (Lipinski definition) is 4. The zero-order valence-electron chi connectivity index (χ0n) is 12.6. The van der Waals surface area contributed by atoms with E-state index in [1.807, 2.05) is 0 Å². The number of benzene rings is 1. The van der Waals surface area contributed by atoms with E-state index in [-0.39, 0.29) is 5.41 Å². The van der Waals surface area contributed by atoms with Crippen molar-refractivity contribution in [1.29, 1.82) is 0 Å². The topological polar surface area (TPSA) is 69.4 Å². The Labute approximate surface area is 122 Å². The molecule has 5 heteroatoms. The fourth-order valence-electron chi connectivity index (χ4n) is 1.78. The summed E-state index contributed by atoms with van der Waals surface area (Å²) in [5, 5.41) is 0. The molecule has 1 aromatic rings. The second kappa shape index (κ2) is 7.09. The summed E-state index contributed by atoms with van der Waals surface area (Å²) in [6, 6.07) is 6.53. The summed E-state index contributed by atoms with van der Waals surface area (Å²) in [6.07, 6.45) is 4.32. The summed E-state index contributed by atoms with van der Waals surface area (Å²) < 4.78 is 28.2. The molecule has 0 aliphatic rings. The second-order valence-electron chi connectivity index (χ2n) is 5.92. The monoisotopic (exact) mass is 299 g/mol. The van der Waals surface area contributed by atoms with Crippen LogP contribution in [0.4, 0.5) is 0 Å². The number of rotatable bonds is 8. The Morgan fingerprint density at radius 2 is 1.75 bits per heavy atom. The molecule has 0 bridgehead atoms. The summed E-state index contributed by atoms with van der Waals surface area (Å²) >= 11 is 0. The first-order valence-electron chi connectivity index (χ1n) is 6.88. The molecule has 1 aromatic carbocycles. The van der Waals surface area contributed by atoms with E-state index in [4.69, 9.17) is 10.5 Å². The van der Waals surface area contributed by atoms with Gasteiger partial charge in [0.25, 0.3) is 0 Å². The predicted molar refractivity (Wildman–Crippen MR) is 81.7 cm³/mol. The van der Waals surface area contributed by atoms with E-state index in [0.717, 1.165) is 19.3 Å². The van der Waals surface area contributed by atoms with Gasteiger partial charge in [0, 0.05) is 6.26 Å². The minimum absolute atomic E-state index is 0.192. The molecule has 0 saturated heterocycles. The van der Waals surface area contributed by atoms with Crippen LogP contribution in [0.2, 0.25) is 0 Å². The van der Waals surface area contributed by atoms with Crippen molar-refractivity contribution in [3.05, 3.63) is 24.3 Å². The number of ether oxygens (including phenoxy) is 1. The highest BCUT2D eigenvalue weighted by Crippen LogP contribution is 2.21. The largest absolute Gasteiger partial charge is 0.494 e. The smallest absolute Gasteiger partial charge is 0.175 e. The fraction of sp³-hybridized carbons (Fsp3) is 0.600. The van der Waals surface area contributed by atoms with E-state index in [1.54, 1.807) is 24.3 Å². The van der Waals surface area contributed by atoms with Gasteiger partial charge in [0.15, 0.2) is 9.84 Å². The van der Waals surface area contributed by atoms with Crippen molar-refractivity contribution in [2.24, 2.45) is 11.1 Å². The van der Waals surface area contributed by atoms with E-state index < -0.39 is 9.84 Å². The average Bonchev–Trinajstić information content (AvgIpc) is 2.38. The van der Waals surface area contributed by atoms with Gasteiger partial charge in [-0.1, -0.05) is 13.8 Å². The van der Waals surface area contributed by atoms with Crippen molar-refractivity contribution < 1.29 is 13.2 Å². The summed E-state index contributed by atoms with van der Waals surface area (Å²) in [4.78, 5) is 0.314. The van der Waals surface area contributed by atoms with E-state index >= 15 is 0 Å². The fourth-order valence-corrected chi connectivity index (χ4v) is 2.41. The highest BCUT2D eigenvalue weighted by Gasteiger charge is 2.14. The molecule has 0 radical (unpaired) electrons. The Balaban J connectivity index is 2.33. The van der Waals surface area contributed by atoms with Gasteiger partial charge in [-0.25, -0.2) is 8.42 Å². The van der Waals surface area contributed by atoms with E-state index in [0.29, 0.717) is 23.8 Å². The van der Waals surface area contributed by atoms with Gasteiger partial charge >= 0.3 is 0 Å². The summed E-state index contributed by atoms with van der Waals surface area (Å²) in [5.74, 6) is 0.704. The molecule has 0 heterocycles. The molecule has 0 saturated carbocycles. The molecule has 0 aliphatic carbocycles. The third kappa shape index (κ3) is 5.92. The first-order chi connectivity index (χ1) is 9.24. The molecule has 0 aliphatic heterocycles. The number of sulfone groups is 1. The normalized spacial score (nSPS) is 12.4. The summed E-state index contributed by atoms with van der Waals surface area (Å²) in [7, 11) is -3.14. The lowest BCUT2D eigenvalue weighted by Gasteiger charge is -2.21. The molecular formula is C15H25NO3S. The van der Waals surface area contributed by atoms with E-state index in [1.165, 1.54) is 6.26 Å². The van der Waals surface area contributed by atoms with Gasteiger partial charge in [-0.15, -0.1) is 0 Å². The Bertz CT molecular complexity index is 506. The lowest BCUT2D eigenvalue weighted by atomic mass is 9.87. The Hall–Kier alpha value is -1.07. The molecular weight excluding hydrogens is 274 g/mol. The van der Waals surface area contributed by atoms with Crippen molar-refractivity contribution in [2.75, 3.05) is 19.4 Å². The van der Waals surface area contributed by atoms with Gasteiger partial charge in [0.1, 0.15) is 5.75 Å². The van der Waals surface area contributed by atoms with Gasteiger partial charge in [0.05, 0.1) is 11.5 Å². The van der Waals surface area contributed by atoms with Gasteiger partial charge in [-0.3, -0.25) is 0 Å². The van der Waals surface area contributed by atoms with Crippen molar-refractivity contribution in [3.63, 3.8) is 0 Å². The number of hydrogen-bond donors (Lipinski definition) is 1. The van der Waals surface area contributed by atoms with Crippen LogP contribution >= 0.6 is 0 Å². The van der Waals surface area contributed by atoms with Crippen LogP contribution in [-0.2, 0) is 9.84 Å². The summed E-state index contributed by atoms with van der Waals surface area (Å²) in [6.45, 7) is 5.66. The van der Waals surface area contributed by atoms with Crippen molar-refractivity contribution >= 4 is 9.84 Å². The molecule has 0 atom stereocenters. The SMILES string of the molecule is CC(C)(CN)CCCCOc1ccc(S(C)(=O)=O)cc1. The van der Waals surface area contributed by atoms with Crippen molar-refractivity contribution in [2.45, 2.75) is 38.0 Å². The van der Waals surface area contributed by atoms with E-state index in [2.05, 4.69) is 13.8 Å². The maximum atomic E-state index is 11.3. The van der Waals surface area contributed by atoms with Gasteiger partial charge in [0.2, 0.25) is 0 Å². The summed E-state index contributed by atoms with van der Waals surface area (Å²) in [5.41, 5.74) is 5.87. The highest BCUT2D eigenvalue weighted by atomic mass is 32.2. The standard InChI is InChI=1S/C15H25NO3S/c1-15(2,12-16)10-4-5-11-19-13-6-8-14(9-7-13)20(3,17)18/h6-9H,4-5,10-12,16H2,1-3H3. The first kappa shape index (κ1) is 17.0. The Kier molecular flexibility index (Phi) is 6.02. The molecule has 0 fully saturated rings. The predicted octanol–water partition coefficient (Wildman–Crippen LogP) is 2.62. The van der Waals surface area contributed by atoms with Gasteiger partial charge in [-0.05, 0) is 55.5 Å². The second-order valence-corrected chi connectivity index (χ2v) is 7.93. The molecule has 0 unspecified atom stereocenters. The lowest BCUT2D eigenvalue weighted by Crippen LogP contribution is -2.23. The zero-order chi connectivity index (χ0) is 15.2. The van der Waals surface area contributed by atoms with Crippen molar-refractivity contribution in [3.8, 4) is 5.75 Å². The molecule has 0 spiro atoms. The van der Waals surface area contributed by atoms with Crippen LogP contribution in [-0.4, -0.2) is 27.8 Å². The molecule has 20 heavy (non-hydrogen) atoms. The number of nitrogens with two attached hydrogens (primary N) is 1. The van der Waals surface area contributed by atoms with Crippen LogP contribution in [0.3, 0.4) is 0 Å². The van der Waals surface area contributed by atoms with Gasteiger partial charge < -0.3 is 10.5 Å². The van der Waals surface area contributed by atoms with Gasteiger partial charge in [-0.2, -0.15) is 0 Å². The average molecular weight is 299 g/mol. The molecule has 114 valence electrons. The Morgan fingerprint density at radius 3 is 2.25 bits per heavy atom. The lowest BCUT2D eigenvalue weighted by molar-refractivity contribution is 0.278. The molecule has 0 amide bonds. The molecule has 4 nitrogen and oxygen atoms in total. The maximum Gasteiger partial charge on any atom is 0.175 e.